The molecule has 2 rings (SSSR count). The van der Waals surface area contributed by atoms with Gasteiger partial charge in [0.05, 0.1) is 6.61 Å². The summed E-state index contributed by atoms with van der Waals surface area (Å²) in [5.74, 6) is 1.00. The summed E-state index contributed by atoms with van der Waals surface area (Å²) in [5, 5.41) is 3.52. The minimum Gasteiger partial charge on any atom is -0.465 e. The van der Waals surface area contributed by atoms with Gasteiger partial charge in [-0.1, -0.05) is 44.2 Å². The fourth-order valence-electron chi connectivity index (χ4n) is 3.65. The summed E-state index contributed by atoms with van der Waals surface area (Å²) in [6, 6.07) is 10.2. The largest absolute Gasteiger partial charge is 0.465 e. The first-order valence-electron chi connectivity index (χ1n) is 8.02. The molecular weight excluding hydrogens is 262 g/mol. The van der Waals surface area contributed by atoms with Gasteiger partial charge in [0.25, 0.3) is 0 Å². The Morgan fingerprint density at radius 1 is 1.24 bits per heavy atom. The normalized spacial score (nSPS) is 29.1. The minimum atomic E-state index is -0.525. The van der Waals surface area contributed by atoms with Gasteiger partial charge < -0.3 is 4.74 Å². The number of nitrogens with one attached hydrogen (secondary N) is 1. The maximum Gasteiger partial charge on any atom is 0.326 e. The lowest BCUT2D eigenvalue weighted by molar-refractivity contribution is -0.154. The summed E-state index contributed by atoms with van der Waals surface area (Å²) in [6.07, 6.45) is 2.92. The highest BCUT2D eigenvalue weighted by atomic mass is 16.5. The van der Waals surface area contributed by atoms with Gasteiger partial charge in [0, 0.05) is 6.54 Å². The molecule has 0 aromatic heterocycles. The first kappa shape index (κ1) is 16.0. The molecular formula is C18H27NO2. The Kier molecular flexibility index (Phi) is 5.40. The summed E-state index contributed by atoms with van der Waals surface area (Å²) in [7, 11) is 0. The first-order chi connectivity index (χ1) is 10.1. The number of rotatable bonds is 5. The molecule has 0 saturated heterocycles. The van der Waals surface area contributed by atoms with E-state index in [-0.39, 0.29) is 5.97 Å². The smallest absolute Gasteiger partial charge is 0.326 e. The highest BCUT2D eigenvalue weighted by Crippen LogP contribution is 2.37. The van der Waals surface area contributed by atoms with Gasteiger partial charge in [-0.05, 0) is 43.6 Å². The highest BCUT2D eigenvalue weighted by molar-refractivity contribution is 5.81. The van der Waals surface area contributed by atoms with Crippen LogP contribution in [-0.2, 0) is 16.1 Å². The van der Waals surface area contributed by atoms with E-state index in [4.69, 9.17) is 4.74 Å². The van der Waals surface area contributed by atoms with Crippen LogP contribution in [0.3, 0.4) is 0 Å². The SMILES string of the molecule is CCOC(=O)C1(NCc2ccccc2)CC(C)CC(C)C1. The molecule has 0 spiro atoms. The molecule has 0 heterocycles. The van der Waals surface area contributed by atoms with Crippen molar-refractivity contribution in [3.8, 4) is 0 Å². The van der Waals surface area contributed by atoms with Crippen LogP contribution in [0.15, 0.2) is 30.3 Å². The van der Waals surface area contributed by atoms with Gasteiger partial charge in [0.2, 0.25) is 0 Å². The summed E-state index contributed by atoms with van der Waals surface area (Å²) in [4.78, 5) is 12.5. The van der Waals surface area contributed by atoms with E-state index in [2.05, 4.69) is 31.3 Å². The van der Waals surface area contributed by atoms with Crippen LogP contribution in [0.4, 0.5) is 0 Å². The lowest BCUT2D eigenvalue weighted by Gasteiger charge is -2.41. The Labute approximate surface area is 128 Å². The summed E-state index contributed by atoms with van der Waals surface area (Å²) < 4.78 is 5.37. The number of ether oxygens (including phenoxy) is 1. The molecule has 0 aliphatic heterocycles. The van der Waals surface area contributed by atoms with Crippen molar-refractivity contribution in [3.05, 3.63) is 35.9 Å². The van der Waals surface area contributed by atoms with Gasteiger partial charge in [-0.3, -0.25) is 10.1 Å². The van der Waals surface area contributed by atoms with E-state index in [0.29, 0.717) is 25.0 Å². The van der Waals surface area contributed by atoms with Crippen molar-refractivity contribution in [1.82, 2.24) is 5.32 Å². The molecule has 21 heavy (non-hydrogen) atoms. The van der Waals surface area contributed by atoms with Crippen LogP contribution in [0, 0.1) is 11.8 Å². The van der Waals surface area contributed by atoms with Gasteiger partial charge >= 0.3 is 5.97 Å². The second-order valence-corrected chi connectivity index (χ2v) is 6.50. The minimum absolute atomic E-state index is 0.0840. The van der Waals surface area contributed by atoms with E-state index in [0.717, 1.165) is 12.8 Å². The highest BCUT2D eigenvalue weighted by Gasteiger charge is 2.44. The molecule has 1 aliphatic rings. The maximum absolute atomic E-state index is 12.5. The molecule has 1 aromatic carbocycles. The number of benzene rings is 1. The molecule has 116 valence electrons. The second kappa shape index (κ2) is 7.08. The van der Waals surface area contributed by atoms with Crippen molar-refractivity contribution in [2.75, 3.05) is 6.61 Å². The lowest BCUT2D eigenvalue weighted by Crippen LogP contribution is -2.56. The van der Waals surface area contributed by atoms with E-state index in [1.165, 1.54) is 12.0 Å². The van der Waals surface area contributed by atoms with E-state index in [9.17, 15) is 4.79 Å². The number of carbonyl (C=O) groups is 1. The number of hydrogen-bond donors (Lipinski definition) is 1. The molecule has 2 atom stereocenters. The van der Waals surface area contributed by atoms with Crippen molar-refractivity contribution >= 4 is 5.97 Å². The van der Waals surface area contributed by atoms with E-state index in [1.807, 2.05) is 25.1 Å². The van der Waals surface area contributed by atoms with Gasteiger partial charge in [0.15, 0.2) is 0 Å². The average molecular weight is 289 g/mol. The maximum atomic E-state index is 12.5. The predicted molar refractivity (Wildman–Crippen MR) is 84.8 cm³/mol. The third kappa shape index (κ3) is 4.07. The topological polar surface area (TPSA) is 38.3 Å². The molecule has 0 radical (unpaired) electrons. The first-order valence-corrected chi connectivity index (χ1v) is 8.02. The lowest BCUT2D eigenvalue weighted by atomic mass is 9.71. The van der Waals surface area contributed by atoms with Crippen LogP contribution < -0.4 is 5.32 Å². The van der Waals surface area contributed by atoms with Crippen LogP contribution in [0.5, 0.6) is 0 Å². The second-order valence-electron chi connectivity index (χ2n) is 6.50. The zero-order valence-electron chi connectivity index (χ0n) is 13.4. The third-order valence-corrected chi connectivity index (χ3v) is 4.34. The van der Waals surface area contributed by atoms with Crippen LogP contribution in [0.25, 0.3) is 0 Å². The van der Waals surface area contributed by atoms with Crippen molar-refractivity contribution in [2.45, 2.75) is 52.1 Å². The summed E-state index contributed by atoms with van der Waals surface area (Å²) >= 11 is 0. The molecule has 0 bridgehead atoms. The molecule has 1 fully saturated rings. The molecule has 3 heteroatoms. The quantitative estimate of drug-likeness (QED) is 0.843. The molecule has 2 unspecified atom stereocenters. The van der Waals surface area contributed by atoms with E-state index < -0.39 is 5.54 Å². The zero-order chi connectivity index (χ0) is 15.3. The number of carbonyl (C=O) groups excluding carboxylic acids is 1. The van der Waals surface area contributed by atoms with Crippen molar-refractivity contribution in [2.24, 2.45) is 11.8 Å². The summed E-state index contributed by atoms with van der Waals surface area (Å²) in [5.41, 5.74) is 0.676. The fraction of sp³-hybridized carbons (Fsp3) is 0.611. The Morgan fingerprint density at radius 2 is 1.86 bits per heavy atom. The monoisotopic (exact) mass is 289 g/mol. The van der Waals surface area contributed by atoms with Crippen LogP contribution in [0.1, 0.15) is 45.6 Å². The molecule has 1 saturated carbocycles. The number of esters is 1. The molecule has 1 aliphatic carbocycles. The molecule has 1 N–H and O–H groups in total. The summed E-state index contributed by atoms with van der Waals surface area (Å²) in [6.45, 7) is 7.48. The molecule has 1 aromatic rings. The van der Waals surface area contributed by atoms with E-state index in [1.54, 1.807) is 0 Å². The average Bonchev–Trinajstić information content (AvgIpc) is 2.45. The molecule has 3 nitrogen and oxygen atoms in total. The van der Waals surface area contributed by atoms with Gasteiger partial charge in [-0.2, -0.15) is 0 Å². The van der Waals surface area contributed by atoms with Crippen molar-refractivity contribution < 1.29 is 9.53 Å². The standard InChI is InChI=1S/C18H27NO2/c1-4-21-17(20)18(11-14(2)10-15(3)12-18)19-13-16-8-6-5-7-9-16/h5-9,14-15,19H,4,10-13H2,1-3H3. The Bertz CT molecular complexity index is 448. The van der Waals surface area contributed by atoms with E-state index >= 15 is 0 Å². The van der Waals surface area contributed by atoms with Gasteiger partial charge in [0.1, 0.15) is 5.54 Å². The molecule has 0 amide bonds. The fourth-order valence-corrected chi connectivity index (χ4v) is 3.65. The van der Waals surface area contributed by atoms with Crippen LogP contribution in [-0.4, -0.2) is 18.1 Å². The Morgan fingerprint density at radius 3 is 2.43 bits per heavy atom. The zero-order valence-corrected chi connectivity index (χ0v) is 13.4. The van der Waals surface area contributed by atoms with Gasteiger partial charge in [-0.25, -0.2) is 0 Å². The Balaban J connectivity index is 2.13. The Hall–Kier alpha value is -1.35. The van der Waals surface area contributed by atoms with Crippen LogP contribution >= 0.6 is 0 Å². The van der Waals surface area contributed by atoms with Crippen molar-refractivity contribution in [1.29, 1.82) is 0 Å². The number of hydrogen-bond acceptors (Lipinski definition) is 3. The predicted octanol–water partition coefficient (Wildman–Crippen LogP) is 3.53. The third-order valence-electron chi connectivity index (χ3n) is 4.34. The van der Waals surface area contributed by atoms with Crippen molar-refractivity contribution in [3.63, 3.8) is 0 Å². The van der Waals surface area contributed by atoms with Crippen LogP contribution in [0.2, 0.25) is 0 Å². The van der Waals surface area contributed by atoms with Gasteiger partial charge in [-0.15, -0.1) is 0 Å².